The van der Waals surface area contributed by atoms with Crippen molar-refractivity contribution in [2.75, 3.05) is 18.0 Å². The van der Waals surface area contributed by atoms with Gasteiger partial charge in [-0.1, -0.05) is 0 Å². The molecule has 126 valence electrons. The molecule has 3 heterocycles. The van der Waals surface area contributed by atoms with E-state index in [0.29, 0.717) is 6.54 Å². The number of aromatic nitrogens is 1. The van der Waals surface area contributed by atoms with Gasteiger partial charge in [-0.25, -0.2) is 4.98 Å². The van der Waals surface area contributed by atoms with Gasteiger partial charge in [0.1, 0.15) is 5.82 Å². The maximum Gasteiger partial charge on any atom is 0.496 e. The molecule has 6 heteroatoms. The molecular weight excluding hydrogens is 291 g/mol. The highest BCUT2D eigenvalue weighted by Gasteiger charge is 2.52. The van der Waals surface area contributed by atoms with E-state index < -0.39 is 0 Å². The predicted octanol–water partition coefficient (Wildman–Crippen LogP) is 1.65. The Balaban J connectivity index is 1.81. The number of β-amino-alcohol motifs (C(OH)–C–C–N with tert-alkyl or cyclic N) is 1. The number of aliphatic hydroxyl groups is 1. The van der Waals surface area contributed by atoms with Crippen LogP contribution in [0.15, 0.2) is 12.3 Å². The highest BCUT2D eigenvalue weighted by Crippen LogP contribution is 2.36. The number of anilines is 1. The number of pyridine rings is 1. The van der Waals surface area contributed by atoms with E-state index in [0.717, 1.165) is 36.2 Å². The van der Waals surface area contributed by atoms with Gasteiger partial charge in [0.25, 0.3) is 0 Å². The van der Waals surface area contributed by atoms with Gasteiger partial charge in [-0.05, 0) is 59.1 Å². The Morgan fingerprint density at radius 1 is 1.26 bits per heavy atom. The second kappa shape index (κ2) is 5.76. The van der Waals surface area contributed by atoms with E-state index in [2.05, 4.69) is 50.6 Å². The third kappa shape index (κ3) is 3.12. The fraction of sp³-hybridized carbons (Fsp3) is 0.706. The van der Waals surface area contributed by atoms with Crippen molar-refractivity contribution in [3.63, 3.8) is 0 Å². The minimum absolute atomic E-state index is 0.256. The lowest BCUT2D eigenvalue weighted by Gasteiger charge is -2.32. The molecule has 3 rings (SSSR count). The second-order valence-corrected chi connectivity index (χ2v) is 7.73. The van der Waals surface area contributed by atoms with E-state index in [4.69, 9.17) is 9.31 Å². The number of nitrogens with zero attached hydrogens (tertiary/aromatic N) is 2. The SMILES string of the molecule is Cc1cc(N2CCC[C@H](O)C2)ncc1B1OC(C)(C)C(C)(C)O1. The highest BCUT2D eigenvalue weighted by molar-refractivity contribution is 6.62. The molecule has 2 saturated heterocycles. The minimum atomic E-state index is -0.381. The molecule has 0 amide bonds. The Kier molecular flexibility index (Phi) is 4.19. The first-order valence-corrected chi connectivity index (χ1v) is 8.45. The van der Waals surface area contributed by atoms with Crippen molar-refractivity contribution in [3.05, 3.63) is 17.8 Å². The molecule has 0 spiro atoms. The molecule has 1 N–H and O–H groups in total. The van der Waals surface area contributed by atoms with Gasteiger partial charge >= 0.3 is 7.12 Å². The van der Waals surface area contributed by atoms with Crippen LogP contribution in [-0.2, 0) is 9.31 Å². The van der Waals surface area contributed by atoms with Crippen LogP contribution < -0.4 is 10.4 Å². The monoisotopic (exact) mass is 318 g/mol. The third-order valence-corrected chi connectivity index (χ3v) is 5.36. The highest BCUT2D eigenvalue weighted by atomic mass is 16.7. The second-order valence-electron chi connectivity index (χ2n) is 7.73. The molecule has 0 unspecified atom stereocenters. The number of rotatable bonds is 2. The maximum atomic E-state index is 9.84. The molecule has 2 aliphatic heterocycles. The number of aliphatic hydroxyl groups excluding tert-OH is 1. The molecule has 0 aliphatic carbocycles. The van der Waals surface area contributed by atoms with Gasteiger partial charge in [-0.3, -0.25) is 0 Å². The normalized spacial score (nSPS) is 26.6. The van der Waals surface area contributed by atoms with E-state index in [1.54, 1.807) is 0 Å². The van der Waals surface area contributed by atoms with Gasteiger partial charge in [-0.2, -0.15) is 0 Å². The van der Waals surface area contributed by atoms with Gasteiger partial charge in [0, 0.05) is 24.7 Å². The summed E-state index contributed by atoms with van der Waals surface area (Å²) in [5, 5.41) is 9.84. The molecule has 1 atom stereocenters. The van der Waals surface area contributed by atoms with Crippen LogP contribution in [0.4, 0.5) is 5.82 Å². The lowest BCUT2D eigenvalue weighted by molar-refractivity contribution is 0.00578. The van der Waals surface area contributed by atoms with Crippen molar-refractivity contribution in [3.8, 4) is 0 Å². The average molecular weight is 318 g/mol. The van der Waals surface area contributed by atoms with Crippen LogP contribution in [-0.4, -0.2) is 47.6 Å². The van der Waals surface area contributed by atoms with Crippen molar-refractivity contribution in [1.29, 1.82) is 0 Å². The van der Waals surface area contributed by atoms with Crippen molar-refractivity contribution in [2.24, 2.45) is 0 Å². The Bertz CT molecular complexity index is 575. The number of piperidine rings is 1. The standard InChI is InChI=1S/C17H27BN2O3/c1-12-9-15(20-8-6-7-13(21)11-20)19-10-14(12)18-22-16(2,3)17(4,5)23-18/h9-10,13,21H,6-8,11H2,1-5H3/t13-/m0/s1. The first-order chi connectivity index (χ1) is 10.7. The summed E-state index contributed by atoms with van der Waals surface area (Å²) in [5.74, 6) is 0.918. The maximum absolute atomic E-state index is 9.84. The molecular formula is C17H27BN2O3. The zero-order valence-electron chi connectivity index (χ0n) is 14.8. The third-order valence-electron chi connectivity index (χ3n) is 5.36. The van der Waals surface area contributed by atoms with Crippen LogP contribution >= 0.6 is 0 Å². The smallest absolute Gasteiger partial charge is 0.399 e. The van der Waals surface area contributed by atoms with Crippen molar-refractivity contribution in [1.82, 2.24) is 4.98 Å². The summed E-state index contributed by atoms with van der Waals surface area (Å²) in [6.45, 7) is 11.9. The molecule has 0 saturated carbocycles. The predicted molar refractivity (Wildman–Crippen MR) is 92.1 cm³/mol. The van der Waals surface area contributed by atoms with E-state index in [1.807, 2.05) is 6.20 Å². The van der Waals surface area contributed by atoms with Gasteiger partial charge in [0.2, 0.25) is 0 Å². The summed E-state index contributed by atoms with van der Waals surface area (Å²) in [6.07, 6.45) is 3.48. The van der Waals surface area contributed by atoms with E-state index in [-0.39, 0.29) is 24.4 Å². The molecule has 2 aliphatic rings. The van der Waals surface area contributed by atoms with Crippen LogP contribution in [0.2, 0.25) is 0 Å². The van der Waals surface area contributed by atoms with Crippen molar-refractivity contribution in [2.45, 2.75) is 64.8 Å². The summed E-state index contributed by atoms with van der Waals surface area (Å²) in [7, 11) is -0.381. The lowest BCUT2D eigenvalue weighted by atomic mass is 9.77. The number of hydrogen-bond donors (Lipinski definition) is 1. The van der Waals surface area contributed by atoms with Gasteiger partial charge < -0.3 is 19.3 Å². The van der Waals surface area contributed by atoms with E-state index >= 15 is 0 Å². The summed E-state index contributed by atoms with van der Waals surface area (Å²) >= 11 is 0. The summed E-state index contributed by atoms with van der Waals surface area (Å²) in [4.78, 5) is 6.74. The van der Waals surface area contributed by atoms with Gasteiger partial charge in [0.15, 0.2) is 0 Å². The summed E-state index contributed by atoms with van der Waals surface area (Å²) < 4.78 is 12.2. The van der Waals surface area contributed by atoms with Crippen LogP contribution in [0, 0.1) is 6.92 Å². The number of aryl methyl sites for hydroxylation is 1. The zero-order valence-corrected chi connectivity index (χ0v) is 14.8. The topological polar surface area (TPSA) is 54.8 Å². The van der Waals surface area contributed by atoms with Crippen LogP contribution in [0.3, 0.4) is 0 Å². The fourth-order valence-electron chi connectivity index (χ4n) is 3.10. The quantitative estimate of drug-likeness (QED) is 0.841. The Hall–Kier alpha value is -1.11. The first kappa shape index (κ1) is 16.7. The first-order valence-electron chi connectivity index (χ1n) is 8.45. The van der Waals surface area contributed by atoms with Gasteiger partial charge in [-0.15, -0.1) is 0 Å². The largest absolute Gasteiger partial charge is 0.496 e. The minimum Gasteiger partial charge on any atom is -0.399 e. The lowest BCUT2D eigenvalue weighted by Crippen LogP contribution is -2.41. The Morgan fingerprint density at radius 3 is 2.48 bits per heavy atom. The summed E-state index contributed by atoms with van der Waals surface area (Å²) in [6, 6.07) is 2.07. The molecule has 0 radical (unpaired) electrons. The summed E-state index contributed by atoms with van der Waals surface area (Å²) in [5.41, 5.74) is 1.39. The fourth-order valence-corrected chi connectivity index (χ4v) is 3.10. The molecule has 0 bridgehead atoms. The molecule has 5 nitrogen and oxygen atoms in total. The molecule has 0 aromatic carbocycles. The Labute approximate surface area is 139 Å². The molecule has 1 aromatic rings. The van der Waals surface area contributed by atoms with Crippen LogP contribution in [0.1, 0.15) is 46.1 Å². The zero-order chi connectivity index (χ0) is 16.8. The van der Waals surface area contributed by atoms with E-state index in [9.17, 15) is 5.11 Å². The molecule has 2 fully saturated rings. The van der Waals surface area contributed by atoms with Crippen molar-refractivity contribution < 1.29 is 14.4 Å². The number of hydrogen-bond acceptors (Lipinski definition) is 5. The van der Waals surface area contributed by atoms with E-state index in [1.165, 1.54) is 0 Å². The van der Waals surface area contributed by atoms with Crippen molar-refractivity contribution >= 4 is 18.4 Å². The Morgan fingerprint density at radius 2 is 1.91 bits per heavy atom. The molecule has 1 aromatic heterocycles. The molecule has 23 heavy (non-hydrogen) atoms. The average Bonchev–Trinajstić information content (AvgIpc) is 2.67. The van der Waals surface area contributed by atoms with Crippen LogP contribution in [0.5, 0.6) is 0 Å². The van der Waals surface area contributed by atoms with Crippen LogP contribution in [0.25, 0.3) is 0 Å². The van der Waals surface area contributed by atoms with Gasteiger partial charge in [0.05, 0.1) is 17.3 Å².